The van der Waals surface area contributed by atoms with Crippen molar-refractivity contribution in [3.63, 3.8) is 0 Å². The number of nitrogens with two attached hydrogens (primary N) is 1. The fraction of sp³-hybridized carbons (Fsp3) is 0.800. The molecule has 1 rings (SSSR count). The summed E-state index contributed by atoms with van der Waals surface area (Å²) >= 11 is 1.30. The monoisotopic (exact) mass is 230 g/mol. The maximum atomic E-state index is 11.5. The minimum atomic E-state index is 0.0214. The van der Waals surface area contributed by atoms with Crippen LogP contribution in [0.5, 0.6) is 0 Å². The molecule has 0 saturated carbocycles. The summed E-state index contributed by atoms with van der Waals surface area (Å²) in [6.45, 7) is 4.83. The van der Waals surface area contributed by atoms with Crippen LogP contribution in [0.1, 0.15) is 20.3 Å². The van der Waals surface area contributed by atoms with Crippen molar-refractivity contribution >= 4 is 22.8 Å². The fourth-order valence-electron chi connectivity index (χ4n) is 1.72. The smallest absolute Gasteiger partial charge is 0.223 e. The number of rotatable bonds is 4. The number of carbonyl (C=O) groups excluding carboxylic acids is 2. The molecule has 1 heterocycles. The number of hydrogen-bond acceptors (Lipinski definition) is 4. The maximum Gasteiger partial charge on any atom is 0.223 e. The number of carbonyl (C=O) groups is 2. The van der Waals surface area contributed by atoms with Gasteiger partial charge in [-0.3, -0.25) is 9.59 Å². The van der Waals surface area contributed by atoms with Gasteiger partial charge in [-0.25, -0.2) is 0 Å². The number of hydrogen-bond donors (Lipinski definition) is 1. The molecule has 0 bridgehead atoms. The zero-order chi connectivity index (χ0) is 11.4. The second-order valence-electron chi connectivity index (χ2n) is 4.15. The standard InChI is InChI=1S/C10H18N2O2S/c1-7(11)4-12-5-9(3-10(12)14)6-15-8(2)13/h7,9H,3-6,11H2,1-2H3. The Bertz CT molecular complexity index is 256. The van der Waals surface area contributed by atoms with Gasteiger partial charge in [-0.15, -0.1) is 0 Å². The number of likely N-dealkylation sites (tertiary alicyclic amines) is 1. The fourth-order valence-corrected chi connectivity index (χ4v) is 2.42. The first-order valence-electron chi connectivity index (χ1n) is 5.15. The third kappa shape index (κ3) is 4.22. The Hall–Kier alpha value is -0.550. The molecule has 2 N–H and O–H groups in total. The second kappa shape index (κ2) is 5.51. The van der Waals surface area contributed by atoms with Gasteiger partial charge < -0.3 is 10.6 Å². The van der Waals surface area contributed by atoms with Crippen molar-refractivity contribution in [2.45, 2.75) is 26.3 Å². The molecule has 1 fully saturated rings. The molecular formula is C10H18N2O2S. The van der Waals surface area contributed by atoms with Gasteiger partial charge in [0.1, 0.15) is 0 Å². The molecule has 2 atom stereocenters. The van der Waals surface area contributed by atoms with Crippen LogP contribution >= 0.6 is 11.8 Å². The summed E-state index contributed by atoms with van der Waals surface area (Å²) in [5, 5.41) is 0.119. The summed E-state index contributed by atoms with van der Waals surface area (Å²) in [6.07, 6.45) is 0.563. The minimum Gasteiger partial charge on any atom is -0.341 e. The summed E-state index contributed by atoms with van der Waals surface area (Å²) in [7, 11) is 0. The average molecular weight is 230 g/mol. The quantitative estimate of drug-likeness (QED) is 0.762. The Morgan fingerprint density at radius 3 is 2.93 bits per heavy atom. The van der Waals surface area contributed by atoms with E-state index in [1.165, 1.54) is 11.8 Å². The van der Waals surface area contributed by atoms with E-state index >= 15 is 0 Å². The largest absolute Gasteiger partial charge is 0.341 e. The second-order valence-corrected chi connectivity index (χ2v) is 5.35. The van der Waals surface area contributed by atoms with Crippen molar-refractivity contribution in [3.05, 3.63) is 0 Å². The lowest BCUT2D eigenvalue weighted by atomic mass is 10.1. The maximum absolute atomic E-state index is 11.5. The lowest BCUT2D eigenvalue weighted by Gasteiger charge is -2.18. The van der Waals surface area contributed by atoms with Crippen LogP contribution in [-0.4, -0.2) is 40.8 Å². The van der Waals surface area contributed by atoms with E-state index in [1.54, 1.807) is 11.8 Å². The summed E-state index contributed by atoms with van der Waals surface area (Å²) in [4.78, 5) is 24.1. The third-order valence-corrected chi connectivity index (χ3v) is 3.37. The van der Waals surface area contributed by atoms with Gasteiger partial charge in [0.05, 0.1) is 0 Å². The van der Waals surface area contributed by atoms with Gasteiger partial charge in [-0.05, 0) is 12.8 Å². The predicted molar refractivity (Wildman–Crippen MR) is 61.5 cm³/mol. The lowest BCUT2D eigenvalue weighted by Crippen LogP contribution is -2.36. The molecule has 1 aliphatic heterocycles. The highest BCUT2D eigenvalue weighted by Crippen LogP contribution is 2.22. The van der Waals surface area contributed by atoms with Crippen LogP contribution in [0.25, 0.3) is 0 Å². The van der Waals surface area contributed by atoms with Crippen molar-refractivity contribution in [1.82, 2.24) is 4.90 Å². The van der Waals surface area contributed by atoms with Gasteiger partial charge in [0.15, 0.2) is 5.12 Å². The average Bonchev–Trinajstić information content (AvgIpc) is 2.43. The molecule has 1 saturated heterocycles. The van der Waals surface area contributed by atoms with E-state index < -0.39 is 0 Å². The zero-order valence-electron chi connectivity index (χ0n) is 9.23. The third-order valence-electron chi connectivity index (χ3n) is 2.33. The molecule has 1 aliphatic rings. The summed E-state index contributed by atoms with van der Waals surface area (Å²) in [5.74, 6) is 1.22. The minimum absolute atomic E-state index is 0.0214. The molecule has 4 nitrogen and oxygen atoms in total. The van der Waals surface area contributed by atoms with E-state index in [0.717, 1.165) is 12.3 Å². The van der Waals surface area contributed by atoms with Crippen LogP contribution < -0.4 is 5.73 Å². The molecule has 15 heavy (non-hydrogen) atoms. The molecule has 1 amide bonds. The first kappa shape index (κ1) is 12.5. The molecule has 0 aromatic carbocycles. The number of amides is 1. The van der Waals surface area contributed by atoms with Crippen LogP contribution in [0.3, 0.4) is 0 Å². The van der Waals surface area contributed by atoms with Crippen LogP contribution in [0.2, 0.25) is 0 Å². The van der Waals surface area contributed by atoms with E-state index in [0.29, 0.717) is 18.9 Å². The van der Waals surface area contributed by atoms with Gasteiger partial charge >= 0.3 is 0 Å². The molecule has 2 unspecified atom stereocenters. The van der Waals surface area contributed by atoms with Crippen LogP contribution in [0.4, 0.5) is 0 Å². The molecule has 0 spiro atoms. The van der Waals surface area contributed by atoms with E-state index in [-0.39, 0.29) is 17.1 Å². The van der Waals surface area contributed by atoms with E-state index in [9.17, 15) is 9.59 Å². The molecule has 0 radical (unpaired) electrons. The van der Waals surface area contributed by atoms with E-state index in [4.69, 9.17) is 5.73 Å². The summed E-state index contributed by atoms with van der Waals surface area (Å²) < 4.78 is 0. The van der Waals surface area contributed by atoms with Crippen molar-refractivity contribution in [2.24, 2.45) is 11.7 Å². The topological polar surface area (TPSA) is 63.4 Å². The highest BCUT2D eigenvalue weighted by molar-refractivity contribution is 8.13. The van der Waals surface area contributed by atoms with E-state index in [1.807, 2.05) is 6.92 Å². The Labute approximate surface area is 94.6 Å². The van der Waals surface area contributed by atoms with E-state index in [2.05, 4.69) is 0 Å². The first-order valence-corrected chi connectivity index (χ1v) is 6.14. The Kier molecular flexibility index (Phi) is 4.60. The van der Waals surface area contributed by atoms with Gasteiger partial charge in [-0.2, -0.15) is 0 Å². The predicted octanol–water partition coefficient (Wildman–Crippen LogP) is 0.462. The van der Waals surface area contributed by atoms with Gasteiger partial charge in [0.2, 0.25) is 5.91 Å². The Balaban J connectivity index is 2.35. The Morgan fingerprint density at radius 1 is 1.73 bits per heavy atom. The molecule has 0 aliphatic carbocycles. The first-order chi connectivity index (χ1) is 6.99. The van der Waals surface area contributed by atoms with Crippen molar-refractivity contribution in [1.29, 1.82) is 0 Å². The SMILES string of the molecule is CC(=O)SCC1CC(=O)N(CC(C)N)C1. The zero-order valence-corrected chi connectivity index (χ0v) is 10.0. The summed E-state index contributed by atoms with van der Waals surface area (Å²) in [6, 6.07) is 0.0214. The van der Waals surface area contributed by atoms with Crippen LogP contribution in [-0.2, 0) is 9.59 Å². The Morgan fingerprint density at radius 2 is 2.40 bits per heavy atom. The van der Waals surface area contributed by atoms with Crippen molar-refractivity contribution in [2.75, 3.05) is 18.8 Å². The molecular weight excluding hydrogens is 212 g/mol. The van der Waals surface area contributed by atoms with Gasteiger partial charge in [0.25, 0.3) is 0 Å². The number of thioether (sulfide) groups is 1. The molecule has 0 aromatic rings. The molecule has 0 aromatic heterocycles. The van der Waals surface area contributed by atoms with Gasteiger partial charge in [0, 0.05) is 38.2 Å². The normalized spacial score (nSPS) is 23.3. The summed E-state index contributed by atoms with van der Waals surface area (Å²) in [5.41, 5.74) is 5.65. The highest BCUT2D eigenvalue weighted by atomic mass is 32.2. The van der Waals surface area contributed by atoms with Gasteiger partial charge in [-0.1, -0.05) is 11.8 Å². The molecule has 86 valence electrons. The number of nitrogens with zero attached hydrogens (tertiary/aromatic N) is 1. The molecule has 5 heteroatoms. The van der Waals surface area contributed by atoms with Crippen molar-refractivity contribution in [3.8, 4) is 0 Å². The van der Waals surface area contributed by atoms with Crippen LogP contribution in [0.15, 0.2) is 0 Å². The van der Waals surface area contributed by atoms with Crippen molar-refractivity contribution < 1.29 is 9.59 Å². The lowest BCUT2D eigenvalue weighted by molar-refractivity contribution is -0.127. The highest BCUT2D eigenvalue weighted by Gasteiger charge is 2.29. The van der Waals surface area contributed by atoms with Crippen LogP contribution in [0, 0.1) is 5.92 Å².